The van der Waals surface area contributed by atoms with E-state index >= 15 is 0 Å². The number of thioether (sulfide) groups is 1. The highest BCUT2D eigenvalue weighted by Crippen LogP contribution is 2.44. The van der Waals surface area contributed by atoms with Crippen molar-refractivity contribution in [2.75, 3.05) is 23.9 Å². The van der Waals surface area contributed by atoms with Gasteiger partial charge in [-0.05, 0) is 52.8 Å². The lowest BCUT2D eigenvalue weighted by Crippen LogP contribution is -2.41. The first-order chi connectivity index (χ1) is 17.0. The molecule has 2 amide bonds. The molecule has 0 bridgehead atoms. The van der Waals surface area contributed by atoms with Gasteiger partial charge in [-0.2, -0.15) is 11.8 Å². The lowest BCUT2D eigenvalue weighted by Gasteiger charge is -2.17. The fourth-order valence-electron chi connectivity index (χ4n) is 4.26. The van der Waals surface area contributed by atoms with E-state index in [-0.39, 0.29) is 23.8 Å². The Morgan fingerprint density at radius 2 is 1.54 bits per heavy atom. The fourth-order valence-corrected chi connectivity index (χ4v) is 4.74. The van der Waals surface area contributed by atoms with E-state index < -0.39 is 24.0 Å². The summed E-state index contributed by atoms with van der Waals surface area (Å²) in [5.41, 5.74) is 4.88. The van der Waals surface area contributed by atoms with Crippen molar-refractivity contribution in [3.8, 4) is 11.1 Å². The van der Waals surface area contributed by atoms with E-state index in [1.165, 1.54) is 17.8 Å². The lowest BCUT2D eigenvalue weighted by molar-refractivity contribution is -0.139. The van der Waals surface area contributed by atoms with E-state index in [2.05, 4.69) is 22.8 Å². The normalized spacial score (nSPS) is 12.8. The number of carboxylic acids is 1. The van der Waals surface area contributed by atoms with Crippen LogP contribution in [0.1, 0.15) is 33.8 Å². The van der Waals surface area contributed by atoms with Crippen LogP contribution in [0.5, 0.6) is 0 Å². The Hall–Kier alpha value is -3.78. The van der Waals surface area contributed by atoms with Crippen LogP contribution in [-0.2, 0) is 9.53 Å². The minimum atomic E-state index is -1.10. The van der Waals surface area contributed by atoms with Gasteiger partial charge in [0.2, 0.25) is 0 Å². The molecule has 1 aliphatic carbocycles. The maximum Gasteiger partial charge on any atom is 0.411 e. The second-order valence-corrected chi connectivity index (χ2v) is 9.13. The van der Waals surface area contributed by atoms with Gasteiger partial charge in [-0.1, -0.05) is 60.7 Å². The van der Waals surface area contributed by atoms with Crippen molar-refractivity contribution in [2.24, 2.45) is 0 Å². The van der Waals surface area contributed by atoms with E-state index in [9.17, 15) is 19.5 Å². The van der Waals surface area contributed by atoms with Gasteiger partial charge in [0.05, 0.1) is 11.3 Å². The van der Waals surface area contributed by atoms with Crippen molar-refractivity contribution in [2.45, 2.75) is 18.4 Å². The quantitative estimate of drug-likeness (QED) is 0.391. The van der Waals surface area contributed by atoms with E-state index in [0.29, 0.717) is 12.2 Å². The number of para-hydroxylation sites is 1. The minimum absolute atomic E-state index is 0.0838. The van der Waals surface area contributed by atoms with Gasteiger partial charge in [0.15, 0.2) is 0 Å². The Balaban J connectivity index is 1.43. The van der Waals surface area contributed by atoms with Crippen molar-refractivity contribution in [1.29, 1.82) is 0 Å². The molecule has 3 aromatic rings. The monoisotopic (exact) mass is 490 g/mol. The van der Waals surface area contributed by atoms with Crippen molar-refractivity contribution < 1.29 is 24.2 Å². The van der Waals surface area contributed by atoms with Gasteiger partial charge in [0.25, 0.3) is 5.91 Å². The number of amides is 2. The van der Waals surface area contributed by atoms with Gasteiger partial charge in [-0.15, -0.1) is 0 Å². The molecule has 0 radical (unpaired) electrons. The van der Waals surface area contributed by atoms with Crippen LogP contribution < -0.4 is 10.6 Å². The Morgan fingerprint density at radius 3 is 2.17 bits per heavy atom. The van der Waals surface area contributed by atoms with Crippen LogP contribution >= 0.6 is 11.8 Å². The molecule has 0 saturated carbocycles. The van der Waals surface area contributed by atoms with Gasteiger partial charge in [0, 0.05) is 5.92 Å². The zero-order valence-corrected chi connectivity index (χ0v) is 20.0. The highest BCUT2D eigenvalue weighted by molar-refractivity contribution is 7.98. The summed E-state index contributed by atoms with van der Waals surface area (Å²) in [6.07, 6.45) is 1.47. The maximum atomic E-state index is 12.8. The summed E-state index contributed by atoms with van der Waals surface area (Å²) in [5, 5.41) is 14.6. The van der Waals surface area contributed by atoms with Crippen LogP contribution in [-0.4, -0.2) is 47.7 Å². The Kier molecular flexibility index (Phi) is 7.72. The fraction of sp³-hybridized carbons (Fsp3) is 0.222. The first-order valence-corrected chi connectivity index (χ1v) is 12.6. The van der Waals surface area contributed by atoms with Crippen LogP contribution in [0.4, 0.5) is 10.5 Å². The molecular formula is C27H26N2O5S. The van der Waals surface area contributed by atoms with Gasteiger partial charge >= 0.3 is 12.1 Å². The van der Waals surface area contributed by atoms with Gasteiger partial charge in [0.1, 0.15) is 12.6 Å². The van der Waals surface area contributed by atoms with Crippen LogP contribution in [0.3, 0.4) is 0 Å². The lowest BCUT2D eigenvalue weighted by atomic mass is 9.98. The highest BCUT2D eigenvalue weighted by atomic mass is 32.2. The molecule has 0 unspecified atom stereocenters. The van der Waals surface area contributed by atoms with Gasteiger partial charge in [-0.25, -0.2) is 9.59 Å². The molecule has 35 heavy (non-hydrogen) atoms. The SMILES string of the molecule is CSCC[C@@H](NC(=O)c1ccccc1NC(=O)OCC1c2ccccc2-c2ccccc21)C(=O)O. The summed E-state index contributed by atoms with van der Waals surface area (Å²) in [6.45, 7) is 0.143. The Labute approximate surface area is 207 Å². The number of fused-ring (bicyclic) bond motifs is 3. The summed E-state index contributed by atoms with van der Waals surface area (Å²) in [7, 11) is 0. The van der Waals surface area contributed by atoms with E-state index in [0.717, 1.165) is 22.3 Å². The second kappa shape index (κ2) is 11.1. The first-order valence-electron chi connectivity index (χ1n) is 11.2. The second-order valence-electron chi connectivity index (χ2n) is 8.14. The number of nitrogens with one attached hydrogen (secondary N) is 2. The predicted molar refractivity (Wildman–Crippen MR) is 137 cm³/mol. The van der Waals surface area contributed by atoms with E-state index in [1.807, 2.05) is 42.7 Å². The molecule has 1 atom stereocenters. The van der Waals surface area contributed by atoms with Crippen LogP contribution in [0.25, 0.3) is 11.1 Å². The topological polar surface area (TPSA) is 105 Å². The molecule has 1 aliphatic rings. The van der Waals surface area contributed by atoms with Crippen LogP contribution in [0.15, 0.2) is 72.8 Å². The number of ether oxygens (including phenoxy) is 1. The van der Waals surface area contributed by atoms with E-state index in [1.54, 1.807) is 18.2 Å². The number of carbonyl (C=O) groups is 3. The van der Waals surface area contributed by atoms with Crippen molar-refractivity contribution in [3.63, 3.8) is 0 Å². The Bertz CT molecular complexity index is 1200. The largest absolute Gasteiger partial charge is 0.480 e. The first kappa shape index (κ1) is 24.3. The number of rotatable bonds is 9. The molecule has 0 heterocycles. The number of carbonyl (C=O) groups excluding carboxylic acids is 2. The highest BCUT2D eigenvalue weighted by Gasteiger charge is 2.29. The smallest absolute Gasteiger partial charge is 0.411 e. The molecule has 0 aromatic heterocycles. The third kappa shape index (κ3) is 5.49. The summed E-state index contributed by atoms with van der Waals surface area (Å²) >= 11 is 1.50. The molecule has 180 valence electrons. The summed E-state index contributed by atoms with van der Waals surface area (Å²) < 4.78 is 5.57. The molecule has 8 heteroatoms. The molecule has 3 aromatic carbocycles. The molecular weight excluding hydrogens is 464 g/mol. The van der Waals surface area contributed by atoms with Crippen LogP contribution in [0, 0.1) is 0 Å². The summed E-state index contributed by atoms with van der Waals surface area (Å²) in [6, 6.07) is 21.5. The number of benzene rings is 3. The third-order valence-corrected chi connectivity index (χ3v) is 6.61. The summed E-state index contributed by atoms with van der Waals surface area (Å²) in [4.78, 5) is 37.0. The average Bonchev–Trinajstić information content (AvgIpc) is 3.19. The molecule has 0 saturated heterocycles. The zero-order chi connectivity index (χ0) is 24.8. The molecule has 0 spiro atoms. The average molecular weight is 491 g/mol. The predicted octanol–water partition coefficient (Wildman–Crippen LogP) is 4.98. The van der Waals surface area contributed by atoms with Crippen molar-refractivity contribution >= 4 is 35.4 Å². The maximum absolute atomic E-state index is 12.8. The van der Waals surface area contributed by atoms with Crippen LogP contribution in [0.2, 0.25) is 0 Å². The van der Waals surface area contributed by atoms with Crippen molar-refractivity contribution in [3.05, 3.63) is 89.5 Å². The van der Waals surface area contributed by atoms with Gasteiger partial charge < -0.3 is 15.2 Å². The molecule has 0 aliphatic heterocycles. The number of anilines is 1. The molecule has 3 N–H and O–H groups in total. The summed E-state index contributed by atoms with van der Waals surface area (Å²) in [5.74, 6) is -1.17. The standard InChI is InChI=1S/C27H26N2O5S/c1-35-15-14-24(26(31)32)28-25(30)21-12-6-7-13-23(21)29-27(33)34-16-22-19-10-4-2-8-17(19)18-9-3-5-11-20(18)22/h2-13,22,24H,14-16H2,1H3,(H,28,30)(H,29,33)(H,31,32)/t24-/m1/s1. The molecule has 0 fully saturated rings. The number of hydrogen-bond donors (Lipinski definition) is 3. The minimum Gasteiger partial charge on any atom is -0.480 e. The molecule has 7 nitrogen and oxygen atoms in total. The third-order valence-electron chi connectivity index (χ3n) is 5.97. The number of carboxylic acid groups (broad SMARTS) is 1. The van der Waals surface area contributed by atoms with Crippen molar-refractivity contribution in [1.82, 2.24) is 5.32 Å². The number of hydrogen-bond acceptors (Lipinski definition) is 5. The van der Waals surface area contributed by atoms with Gasteiger partial charge in [-0.3, -0.25) is 10.1 Å². The van der Waals surface area contributed by atoms with E-state index in [4.69, 9.17) is 4.74 Å². The molecule has 4 rings (SSSR count). The Morgan fingerprint density at radius 1 is 0.943 bits per heavy atom. The zero-order valence-electron chi connectivity index (χ0n) is 19.2. The number of aliphatic carboxylic acids is 1.